The number of nitrogens with one attached hydrogen (secondary N) is 1. The largest absolute Gasteiger partial charge is 0.378 e. The van der Waals surface area contributed by atoms with Crippen LogP contribution < -0.4 is 5.32 Å². The zero-order chi connectivity index (χ0) is 12.8. The van der Waals surface area contributed by atoms with Crippen LogP contribution in [-0.2, 0) is 11.2 Å². The molecule has 2 heterocycles. The van der Waals surface area contributed by atoms with E-state index in [1.54, 1.807) is 0 Å². The Balaban J connectivity index is 1.74. The second-order valence-corrected chi connectivity index (χ2v) is 6.39. The summed E-state index contributed by atoms with van der Waals surface area (Å²) >= 11 is 1.86. The van der Waals surface area contributed by atoms with Crippen molar-refractivity contribution >= 4 is 11.3 Å². The molecular formula is C15H25NOS. The predicted octanol–water partition coefficient (Wildman–Crippen LogP) is 3.62. The van der Waals surface area contributed by atoms with E-state index in [4.69, 9.17) is 4.74 Å². The van der Waals surface area contributed by atoms with Crippen LogP contribution in [0, 0.1) is 0 Å². The predicted molar refractivity (Wildman–Crippen MR) is 78.3 cm³/mol. The van der Waals surface area contributed by atoms with Gasteiger partial charge < -0.3 is 10.1 Å². The lowest BCUT2D eigenvalue weighted by Gasteiger charge is -2.32. The molecule has 1 fully saturated rings. The summed E-state index contributed by atoms with van der Waals surface area (Å²) in [6.45, 7) is 5.46. The molecule has 0 spiro atoms. The van der Waals surface area contributed by atoms with Crippen molar-refractivity contribution in [1.29, 1.82) is 0 Å². The van der Waals surface area contributed by atoms with Gasteiger partial charge in [-0.3, -0.25) is 0 Å². The summed E-state index contributed by atoms with van der Waals surface area (Å²) in [5, 5.41) is 5.93. The Bertz CT molecular complexity index is 323. The molecule has 2 rings (SSSR count). The van der Waals surface area contributed by atoms with Gasteiger partial charge in [0.2, 0.25) is 0 Å². The van der Waals surface area contributed by atoms with Crippen LogP contribution in [0.1, 0.15) is 44.4 Å². The maximum atomic E-state index is 5.80. The van der Waals surface area contributed by atoms with Gasteiger partial charge in [-0.05, 0) is 44.1 Å². The lowest BCUT2D eigenvalue weighted by Crippen LogP contribution is -2.43. The van der Waals surface area contributed by atoms with Gasteiger partial charge in [0.15, 0.2) is 0 Å². The Kier molecular flexibility index (Phi) is 5.67. The molecule has 1 aromatic heterocycles. The van der Waals surface area contributed by atoms with Gasteiger partial charge in [-0.25, -0.2) is 0 Å². The molecule has 0 amide bonds. The molecule has 3 heteroatoms. The molecule has 1 saturated heterocycles. The molecule has 1 aliphatic rings. The summed E-state index contributed by atoms with van der Waals surface area (Å²) in [6, 6.07) is 5.57. The standard InChI is InChI=1S/C15H25NOS/c1-3-5-14-11-13(7-8-17-14)16-12(2)10-15-6-4-9-18-15/h4,6,9,12-14,16H,3,5,7-8,10-11H2,1-2H3. The summed E-state index contributed by atoms with van der Waals surface area (Å²) < 4.78 is 5.80. The first kappa shape index (κ1) is 14.0. The molecule has 102 valence electrons. The third-order valence-corrected chi connectivity index (χ3v) is 4.48. The zero-order valence-electron chi connectivity index (χ0n) is 11.5. The Morgan fingerprint density at radius 3 is 3.17 bits per heavy atom. The molecule has 1 aromatic rings. The van der Waals surface area contributed by atoms with Crippen molar-refractivity contribution in [1.82, 2.24) is 5.32 Å². The van der Waals surface area contributed by atoms with Crippen molar-refractivity contribution in [3.63, 3.8) is 0 Å². The lowest BCUT2D eigenvalue weighted by atomic mass is 9.99. The highest BCUT2D eigenvalue weighted by Crippen LogP contribution is 2.19. The second kappa shape index (κ2) is 7.27. The van der Waals surface area contributed by atoms with Gasteiger partial charge in [0.05, 0.1) is 6.10 Å². The van der Waals surface area contributed by atoms with Gasteiger partial charge in [0.1, 0.15) is 0 Å². The number of ether oxygens (including phenoxy) is 1. The minimum absolute atomic E-state index is 0.482. The van der Waals surface area contributed by atoms with Gasteiger partial charge in [-0.2, -0.15) is 0 Å². The Morgan fingerprint density at radius 1 is 1.56 bits per heavy atom. The lowest BCUT2D eigenvalue weighted by molar-refractivity contribution is -0.00463. The zero-order valence-corrected chi connectivity index (χ0v) is 12.3. The van der Waals surface area contributed by atoms with E-state index in [0.29, 0.717) is 18.2 Å². The highest BCUT2D eigenvalue weighted by molar-refractivity contribution is 7.09. The van der Waals surface area contributed by atoms with Gasteiger partial charge in [0.25, 0.3) is 0 Å². The van der Waals surface area contributed by atoms with Gasteiger partial charge in [-0.15, -0.1) is 11.3 Å². The van der Waals surface area contributed by atoms with Gasteiger partial charge in [0, 0.05) is 23.6 Å². The average Bonchev–Trinajstić information content (AvgIpc) is 2.82. The van der Waals surface area contributed by atoms with E-state index in [2.05, 4.69) is 36.7 Å². The quantitative estimate of drug-likeness (QED) is 0.850. The molecule has 3 unspecified atom stereocenters. The second-order valence-electron chi connectivity index (χ2n) is 5.35. The summed E-state index contributed by atoms with van der Waals surface area (Å²) in [7, 11) is 0. The van der Waals surface area contributed by atoms with Crippen molar-refractivity contribution in [2.24, 2.45) is 0 Å². The molecule has 18 heavy (non-hydrogen) atoms. The Hall–Kier alpha value is -0.380. The van der Waals surface area contributed by atoms with E-state index in [1.165, 1.54) is 24.1 Å². The van der Waals surface area contributed by atoms with E-state index in [-0.39, 0.29) is 0 Å². The summed E-state index contributed by atoms with van der Waals surface area (Å²) in [5.41, 5.74) is 0. The van der Waals surface area contributed by atoms with Crippen molar-refractivity contribution in [3.05, 3.63) is 22.4 Å². The molecule has 1 N–H and O–H groups in total. The van der Waals surface area contributed by atoms with Gasteiger partial charge >= 0.3 is 0 Å². The fourth-order valence-corrected chi connectivity index (χ4v) is 3.58. The first-order valence-electron chi connectivity index (χ1n) is 7.18. The maximum Gasteiger partial charge on any atom is 0.0589 e. The van der Waals surface area contributed by atoms with Crippen molar-refractivity contribution in [2.45, 2.75) is 64.1 Å². The maximum absolute atomic E-state index is 5.80. The van der Waals surface area contributed by atoms with E-state index >= 15 is 0 Å². The van der Waals surface area contributed by atoms with Crippen molar-refractivity contribution < 1.29 is 4.74 Å². The van der Waals surface area contributed by atoms with E-state index in [1.807, 2.05) is 11.3 Å². The number of hydrogen-bond acceptors (Lipinski definition) is 3. The van der Waals surface area contributed by atoms with Crippen molar-refractivity contribution in [2.75, 3.05) is 6.61 Å². The highest BCUT2D eigenvalue weighted by atomic mass is 32.1. The third-order valence-electron chi connectivity index (χ3n) is 3.59. The minimum Gasteiger partial charge on any atom is -0.378 e. The number of rotatable bonds is 6. The highest BCUT2D eigenvalue weighted by Gasteiger charge is 2.22. The molecule has 0 bridgehead atoms. The molecule has 1 aliphatic heterocycles. The molecular weight excluding hydrogens is 242 g/mol. The molecule has 0 aromatic carbocycles. The fraction of sp³-hybridized carbons (Fsp3) is 0.733. The first-order chi connectivity index (χ1) is 8.78. The first-order valence-corrected chi connectivity index (χ1v) is 8.06. The summed E-state index contributed by atoms with van der Waals surface area (Å²) in [5.74, 6) is 0. The molecule has 3 atom stereocenters. The number of thiophene rings is 1. The van der Waals surface area contributed by atoms with Crippen LogP contribution in [0.4, 0.5) is 0 Å². The van der Waals surface area contributed by atoms with E-state index < -0.39 is 0 Å². The van der Waals surface area contributed by atoms with Crippen LogP contribution in [0.2, 0.25) is 0 Å². The topological polar surface area (TPSA) is 21.3 Å². The Labute approximate surface area is 115 Å². The van der Waals surface area contributed by atoms with Crippen LogP contribution in [-0.4, -0.2) is 24.8 Å². The Morgan fingerprint density at radius 2 is 2.44 bits per heavy atom. The third kappa shape index (κ3) is 4.38. The molecule has 0 aliphatic carbocycles. The van der Waals surface area contributed by atoms with Crippen LogP contribution in [0.5, 0.6) is 0 Å². The summed E-state index contributed by atoms with van der Waals surface area (Å²) in [6.07, 6.45) is 6.40. The number of hydrogen-bond donors (Lipinski definition) is 1. The van der Waals surface area contributed by atoms with E-state index in [0.717, 1.165) is 19.4 Å². The van der Waals surface area contributed by atoms with Crippen LogP contribution in [0.15, 0.2) is 17.5 Å². The average molecular weight is 267 g/mol. The monoisotopic (exact) mass is 267 g/mol. The molecule has 0 saturated carbocycles. The van der Waals surface area contributed by atoms with Crippen LogP contribution >= 0.6 is 11.3 Å². The van der Waals surface area contributed by atoms with Gasteiger partial charge in [-0.1, -0.05) is 19.4 Å². The van der Waals surface area contributed by atoms with Crippen LogP contribution in [0.25, 0.3) is 0 Å². The summed E-state index contributed by atoms with van der Waals surface area (Å²) in [4.78, 5) is 1.48. The fourth-order valence-electron chi connectivity index (χ4n) is 2.75. The molecule has 2 nitrogen and oxygen atoms in total. The normalized spacial score (nSPS) is 26.1. The van der Waals surface area contributed by atoms with E-state index in [9.17, 15) is 0 Å². The SMILES string of the molecule is CCCC1CC(NC(C)Cc2cccs2)CCO1. The minimum atomic E-state index is 0.482. The smallest absolute Gasteiger partial charge is 0.0589 e. The van der Waals surface area contributed by atoms with Crippen LogP contribution in [0.3, 0.4) is 0 Å². The van der Waals surface area contributed by atoms with Crippen molar-refractivity contribution in [3.8, 4) is 0 Å². The molecule has 0 radical (unpaired) electrons.